The first-order valence-electron chi connectivity index (χ1n) is 7.11. The molecule has 2 heterocycles. The summed E-state index contributed by atoms with van der Waals surface area (Å²) >= 11 is 0. The first-order chi connectivity index (χ1) is 9.35. The van der Waals surface area contributed by atoms with Crippen LogP contribution in [0, 0.1) is 0 Å². The molecule has 6 heteroatoms. The Kier molecular flexibility index (Phi) is 5.75. The molecule has 0 radical (unpaired) electrons. The van der Waals surface area contributed by atoms with Crippen molar-refractivity contribution in [1.29, 1.82) is 0 Å². The second kappa shape index (κ2) is 7.57. The van der Waals surface area contributed by atoms with E-state index in [0.717, 1.165) is 44.8 Å². The quantitative estimate of drug-likeness (QED) is 0.796. The zero-order valence-corrected chi connectivity index (χ0v) is 11.9. The topological polar surface area (TPSA) is 63.4 Å². The smallest absolute Gasteiger partial charge is 0.229 e. The molecule has 1 N–H and O–H groups in total. The molecule has 19 heavy (non-hydrogen) atoms. The van der Waals surface area contributed by atoms with E-state index in [2.05, 4.69) is 27.3 Å². The van der Waals surface area contributed by atoms with Gasteiger partial charge in [-0.3, -0.25) is 4.90 Å². The minimum absolute atomic E-state index is 0.284. The Bertz CT molecular complexity index is 363. The fraction of sp³-hybridized carbons (Fsp3) is 0.846. The lowest BCUT2D eigenvalue weighted by atomic mass is 10.1. The summed E-state index contributed by atoms with van der Waals surface area (Å²) in [7, 11) is 1.68. The Morgan fingerprint density at radius 1 is 1.42 bits per heavy atom. The molecule has 0 spiro atoms. The van der Waals surface area contributed by atoms with Crippen molar-refractivity contribution in [1.82, 2.24) is 20.4 Å². The summed E-state index contributed by atoms with van der Waals surface area (Å²) < 4.78 is 10.3. The van der Waals surface area contributed by atoms with E-state index in [9.17, 15) is 0 Å². The van der Waals surface area contributed by atoms with E-state index in [0.29, 0.717) is 18.9 Å². The van der Waals surface area contributed by atoms with Gasteiger partial charge in [-0.15, -0.1) is 0 Å². The maximum atomic E-state index is 5.30. The Morgan fingerprint density at radius 3 is 2.89 bits per heavy atom. The monoisotopic (exact) mass is 268 g/mol. The van der Waals surface area contributed by atoms with E-state index in [1.54, 1.807) is 7.11 Å². The number of nitrogens with zero attached hydrogens (tertiary/aromatic N) is 3. The van der Waals surface area contributed by atoms with Gasteiger partial charge in [0.2, 0.25) is 5.89 Å². The van der Waals surface area contributed by atoms with Crippen LogP contribution in [-0.2, 0) is 11.2 Å². The number of nitrogens with one attached hydrogen (secondary N) is 1. The van der Waals surface area contributed by atoms with Gasteiger partial charge in [-0.1, -0.05) is 18.5 Å². The van der Waals surface area contributed by atoms with Gasteiger partial charge in [-0.25, -0.2) is 0 Å². The normalized spacial score (nSPS) is 18.6. The maximum absolute atomic E-state index is 5.30. The summed E-state index contributed by atoms with van der Waals surface area (Å²) in [6, 6.07) is 0.284. The maximum Gasteiger partial charge on any atom is 0.229 e. The molecule has 0 bridgehead atoms. The molecule has 0 saturated carbocycles. The molecule has 1 saturated heterocycles. The van der Waals surface area contributed by atoms with Gasteiger partial charge in [0, 0.05) is 33.3 Å². The Balaban J connectivity index is 2.02. The predicted molar refractivity (Wildman–Crippen MR) is 72.0 cm³/mol. The van der Waals surface area contributed by atoms with Crippen molar-refractivity contribution in [2.45, 2.75) is 32.2 Å². The van der Waals surface area contributed by atoms with E-state index < -0.39 is 0 Å². The number of aromatic nitrogens is 2. The molecule has 1 aromatic rings. The van der Waals surface area contributed by atoms with E-state index in [1.807, 2.05) is 0 Å². The van der Waals surface area contributed by atoms with E-state index in [-0.39, 0.29) is 6.04 Å². The number of piperazine rings is 1. The first-order valence-corrected chi connectivity index (χ1v) is 7.11. The van der Waals surface area contributed by atoms with Crippen molar-refractivity contribution in [2.75, 3.05) is 39.9 Å². The average molecular weight is 268 g/mol. The van der Waals surface area contributed by atoms with Gasteiger partial charge in [0.05, 0.1) is 19.1 Å². The van der Waals surface area contributed by atoms with Gasteiger partial charge >= 0.3 is 0 Å². The lowest BCUT2D eigenvalue weighted by Crippen LogP contribution is -2.45. The Morgan fingerprint density at radius 2 is 2.21 bits per heavy atom. The number of hydrogen-bond acceptors (Lipinski definition) is 6. The molecule has 1 aliphatic rings. The van der Waals surface area contributed by atoms with E-state index >= 15 is 0 Å². The van der Waals surface area contributed by atoms with Crippen LogP contribution in [0.5, 0.6) is 0 Å². The predicted octanol–water partition coefficient (Wildman–Crippen LogP) is 1.00. The molecule has 108 valence electrons. The van der Waals surface area contributed by atoms with Crippen LogP contribution in [0.4, 0.5) is 0 Å². The van der Waals surface area contributed by atoms with Crippen molar-refractivity contribution in [3.8, 4) is 0 Å². The summed E-state index contributed by atoms with van der Waals surface area (Å²) in [5.74, 6) is 1.50. The molecule has 0 aliphatic carbocycles. The molecule has 0 aromatic carbocycles. The average Bonchev–Trinajstić information content (AvgIpc) is 2.92. The van der Waals surface area contributed by atoms with E-state index in [1.165, 1.54) is 0 Å². The molecule has 1 unspecified atom stereocenters. The lowest BCUT2D eigenvalue weighted by molar-refractivity contribution is 0.155. The summed E-state index contributed by atoms with van der Waals surface area (Å²) in [5, 5.41) is 7.53. The van der Waals surface area contributed by atoms with Crippen molar-refractivity contribution in [2.24, 2.45) is 0 Å². The third kappa shape index (κ3) is 3.99. The summed E-state index contributed by atoms with van der Waals surface area (Å²) in [6.07, 6.45) is 2.88. The number of methoxy groups -OCH3 is 1. The lowest BCUT2D eigenvalue weighted by Gasteiger charge is -2.33. The summed E-state index contributed by atoms with van der Waals surface area (Å²) in [5.41, 5.74) is 0. The van der Waals surface area contributed by atoms with Crippen molar-refractivity contribution >= 4 is 0 Å². The number of rotatable bonds is 7. The van der Waals surface area contributed by atoms with Crippen molar-refractivity contribution in [3.05, 3.63) is 11.7 Å². The molecular weight excluding hydrogens is 244 g/mol. The highest BCUT2D eigenvalue weighted by Crippen LogP contribution is 2.23. The minimum Gasteiger partial charge on any atom is -0.384 e. The standard InChI is InChI=1S/C13H24N4O2/c1-3-4-11(17-8-6-14-7-9-17)13-15-12(19-16-13)5-10-18-2/h11,14H,3-10H2,1-2H3. The molecular formula is C13H24N4O2. The fourth-order valence-corrected chi connectivity index (χ4v) is 2.44. The van der Waals surface area contributed by atoms with Crippen molar-refractivity contribution < 1.29 is 9.26 Å². The van der Waals surface area contributed by atoms with Gasteiger partial charge in [0.15, 0.2) is 5.82 Å². The van der Waals surface area contributed by atoms with Crippen LogP contribution in [0.15, 0.2) is 4.52 Å². The van der Waals surface area contributed by atoms with Gasteiger partial charge in [0.25, 0.3) is 0 Å². The second-order valence-corrected chi connectivity index (χ2v) is 4.88. The zero-order valence-electron chi connectivity index (χ0n) is 11.9. The molecule has 1 aromatic heterocycles. The third-order valence-electron chi connectivity index (χ3n) is 3.46. The van der Waals surface area contributed by atoms with Crippen LogP contribution in [0.1, 0.15) is 37.5 Å². The molecule has 2 rings (SSSR count). The highest BCUT2D eigenvalue weighted by Gasteiger charge is 2.25. The van der Waals surface area contributed by atoms with Crippen LogP contribution in [-0.4, -0.2) is 54.9 Å². The SMILES string of the molecule is CCCC(c1noc(CCOC)n1)N1CCNCC1. The van der Waals surface area contributed by atoms with Crippen molar-refractivity contribution in [3.63, 3.8) is 0 Å². The second-order valence-electron chi connectivity index (χ2n) is 4.88. The largest absolute Gasteiger partial charge is 0.384 e. The minimum atomic E-state index is 0.284. The van der Waals surface area contributed by atoms with Gasteiger partial charge in [-0.05, 0) is 6.42 Å². The Hall–Kier alpha value is -0.980. The molecule has 0 amide bonds. The fourth-order valence-electron chi connectivity index (χ4n) is 2.44. The first kappa shape index (κ1) is 14.4. The van der Waals surface area contributed by atoms with Crippen LogP contribution in [0.2, 0.25) is 0 Å². The Labute approximate surface area is 114 Å². The molecule has 6 nitrogen and oxygen atoms in total. The summed E-state index contributed by atoms with van der Waals surface area (Å²) in [6.45, 7) is 6.98. The van der Waals surface area contributed by atoms with Gasteiger partial charge < -0.3 is 14.6 Å². The summed E-state index contributed by atoms with van der Waals surface area (Å²) in [4.78, 5) is 6.97. The van der Waals surface area contributed by atoms with E-state index in [4.69, 9.17) is 9.26 Å². The van der Waals surface area contributed by atoms with Gasteiger partial charge in [0.1, 0.15) is 0 Å². The van der Waals surface area contributed by atoms with Crippen LogP contribution in [0.3, 0.4) is 0 Å². The highest BCUT2D eigenvalue weighted by molar-refractivity contribution is 4.96. The molecule has 1 aliphatic heterocycles. The van der Waals surface area contributed by atoms with Crippen LogP contribution in [0.25, 0.3) is 0 Å². The van der Waals surface area contributed by atoms with Gasteiger partial charge in [-0.2, -0.15) is 4.98 Å². The third-order valence-corrected chi connectivity index (χ3v) is 3.46. The zero-order chi connectivity index (χ0) is 13.5. The van der Waals surface area contributed by atoms with Crippen LogP contribution >= 0.6 is 0 Å². The molecule has 1 atom stereocenters. The van der Waals surface area contributed by atoms with Crippen LogP contribution < -0.4 is 5.32 Å². The number of hydrogen-bond donors (Lipinski definition) is 1. The molecule has 1 fully saturated rings. The highest BCUT2D eigenvalue weighted by atomic mass is 16.5. The number of ether oxygens (including phenoxy) is 1.